The minimum atomic E-state index is -4.71. The minimum absolute atomic E-state index is 0.0424. The van der Waals surface area contributed by atoms with Gasteiger partial charge in [-0.2, -0.15) is 13.2 Å². The molecule has 1 heterocycles. The van der Waals surface area contributed by atoms with Crippen molar-refractivity contribution in [1.29, 1.82) is 0 Å². The van der Waals surface area contributed by atoms with Crippen molar-refractivity contribution in [1.82, 2.24) is 0 Å². The Labute approximate surface area is 196 Å². The lowest BCUT2D eigenvalue weighted by atomic mass is 9.82. The van der Waals surface area contributed by atoms with E-state index in [-0.39, 0.29) is 16.7 Å². The number of aryl methyl sites for hydroxylation is 1. The highest BCUT2D eigenvalue weighted by molar-refractivity contribution is 7.81. The summed E-state index contributed by atoms with van der Waals surface area (Å²) in [5.74, 6) is -0.293. The van der Waals surface area contributed by atoms with Crippen LogP contribution in [-0.2, 0) is 11.0 Å². The maximum absolute atomic E-state index is 14.0. The van der Waals surface area contributed by atoms with Crippen molar-refractivity contribution in [3.05, 3.63) is 65.0 Å². The number of hydrogen-bond donors (Lipinski definition) is 0. The van der Waals surface area contributed by atoms with Crippen molar-refractivity contribution in [2.24, 2.45) is 0 Å². The number of nitrogens with zero attached hydrogens (tertiary/aromatic N) is 3. The molecular weight excluding hydrogens is 447 g/mol. The summed E-state index contributed by atoms with van der Waals surface area (Å²) in [7, 11) is 0. The Kier molecular flexibility index (Phi) is 6.19. The zero-order valence-corrected chi connectivity index (χ0v) is 19.1. The standard InChI is InChI=1S/C25H24F3N3OS/c1-17-8-10-18(11-9-17)31-23(33)30(22(32)24(31)14-6-4-3-5-7-15-24)19-12-13-21(29-2)20(16-19)25(26,27)28/h8-13,16H,3-7,14-15H2,1H3. The Morgan fingerprint density at radius 3 is 2.12 bits per heavy atom. The van der Waals surface area contributed by atoms with E-state index in [4.69, 9.17) is 18.8 Å². The van der Waals surface area contributed by atoms with Crippen molar-refractivity contribution in [3.8, 4) is 0 Å². The summed E-state index contributed by atoms with van der Waals surface area (Å²) in [5, 5.41) is 0.174. The van der Waals surface area contributed by atoms with Crippen LogP contribution in [-0.4, -0.2) is 16.6 Å². The van der Waals surface area contributed by atoms with Crippen molar-refractivity contribution in [2.75, 3.05) is 9.80 Å². The smallest absolute Gasteiger partial charge is 0.303 e. The summed E-state index contributed by atoms with van der Waals surface area (Å²) in [6.07, 6.45) is 1.25. The quantitative estimate of drug-likeness (QED) is 0.343. The van der Waals surface area contributed by atoms with Crippen LogP contribution >= 0.6 is 12.2 Å². The first kappa shape index (κ1) is 23.2. The van der Waals surface area contributed by atoms with Gasteiger partial charge in [0.15, 0.2) is 10.8 Å². The van der Waals surface area contributed by atoms with Crippen LogP contribution in [0.15, 0.2) is 42.5 Å². The zero-order chi connectivity index (χ0) is 23.8. The van der Waals surface area contributed by atoms with Crippen LogP contribution in [0, 0.1) is 13.5 Å². The van der Waals surface area contributed by atoms with Gasteiger partial charge in [0.2, 0.25) is 0 Å². The summed E-state index contributed by atoms with van der Waals surface area (Å²) in [6, 6.07) is 11.0. The van der Waals surface area contributed by atoms with Gasteiger partial charge in [0, 0.05) is 11.4 Å². The van der Waals surface area contributed by atoms with E-state index in [2.05, 4.69) is 4.85 Å². The SMILES string of the molecule is [C-]#[N+]c1ccc(N2C(=O)C3(CCCCCCC3)N(c3ccc(C)cc3)C2=S)cc1C(F)(F)F. The average molecular weight is 472 g/mol. The predicted octanol–water partition coefficient (Wildman–Crippen LogP) is 7.19. The van der Waals surface area contributed by atoms with Gasteiger partial charge >= 0.3 is 6.18 Å². The first-order valence-electron chi connectivity index (χ1n) is 11.0. The van der Waals surface area contributed by atoms with Gasteiger partial charge < -0.3 is 4.90 Å². The van der Waals surface area contributed by atoms with Gasteiger partial charge in [0.1, 0.15) is 5.54 Å². The van der Waals surface area contributed by atoms with E-state index in [1.165, 1.54) is 11.0 Å². The summed E-state index contributed by atoms with van der Waals surface area (Å²) < 4.78 is 40.9. The van der Waals surface area contributed by atoms with E-state index in [0.29, 0.717) is 12.8 Å². The fourth-order valence-corrected chi connectivity index (χ4v) is 5.34. The second kappa shape index (κ2) is 8.79. The molecule has 1 aliphatic heterocycles. The van der Waals surface area contributed by atoms with Gasteiger partial charge in [0.25, 0.3) is 5.91 Å². The summed E-state index contributed by atoms with van der Waals surface area (Å²) in [4.78, 5) is 20.1. The molecule has 33 heavy (non-hydrogen) atoms. The summed E-state index contributed by atoms with van der Waals surface area (Å²) in [5.41, 5.74) is -0.630. The van der Waals surface area contributed by atoms with E-state index < -0.39 is 23.0 Å². The Morgan fingerprint density at radius 2 is 1.55 bits per heavy atom. The molecule has 4 rings (SSSR count). The highest BCUT2D eigenvalue weighted by Gasteiger charge is 2.55. The van der Waals surface area contributed by atoms with Gasteiger partial charge in [0.05, 0.1) is 12.1 Å². The average Bonchev–Trinajstić information content (AvgIpc) is 2.97. The molecule has 2 fully saturated rings. The number of hydrogen-bond acceptors (Lipinski definition) is 2. The summed E-state index contributed by atoms with van der Waals surface area (Å²) in [6.45, 7) is 9.06. The molecule has 0 unspecified atom stereocenters. The third kappa shape index (κ3) is 4.10. The van der Waals surface area contributed by atoms with Crippen LogP contribution in [0.3, 0.4) is 0 Å². The van der Waals surface area contributed by atoms with Gasteiger partial charge in [-0.25, -0.2) is 4.85 Å². The fraction of sp³-hybridized carbons (Fsp3) is 0.400. The second-order valence-electron chi connectivity index (χ2n) is 8.70. The molecule has 2 aromatic rings. The van der Waals surface area contributed by atoms with Gasteiger partial charge in [-0.15, -0.1) is 0 Å². The van der Waals surface area contributed by atoms with Gasteiger partial charge in [-0.3, -0.25) is 9.69 Å². The molecule has 0 N–H and O–H groups in total. The van der Waals surface area contributed by atoms with Crippen LogP contribution < -0.4 is 9.80 Å². The molecule has 0 bridgehead atoms. The van der Waals surface area contributed by atoms with E-state index in [9.17, 15) is 18.0 Å². The lowest BCUT2D eigenvalue weighted by Gasteiger charge is -2.37. The molecule has 0 aromatic heterocycles. The van der Waals surface area contributed by atoms with Crippen LogP contribution in [0.4, 0.5) is 30.2 Å². The zero-order valence-electron chi connectivity index (χ0n) is 18.3. The normalized spacial score (nSPS) is 18.9. The van der Waals surface area contributed by atoms with Crippen LogP contribution in [0.1, 0.15) is 56.1 Å². The first-order chi connectivity index (χ1) is 15.7. The van der Waals surface area contributed by atoms with Gasteiger partial charge in [-0.05, 0) is 56.2 Å². The highest BCUT2D eigenvalue weighted by Crippen LogP contribution is 2.45. The number of amides is 1. The van der Waals surface area contributed by atoms with E-state index in [1.54, 1.807) is 0 Å². The van der Waals surface area contributed by atoms with Crippen molar-refractivity contribution in [2.45, 2.75) is 63.6 Å². The molecule has 2 aromatic carbocycles. The van der Waals surface area contributed by atoms with Crippen molar-refractivity contribution >= 4 is 40.3 Å². The maximum atomic E-state index is 14.0. The molecule has 2 aliphatic rings. The highest BCUT2D eigenvalue weighted by atomic mass is 32.1. The molecule has 172 valence electrons. The van der Waals surface area contributed by atoms with Crippen molar-refractivity contribution < 1.29 is 18.0 Å². The minimum Gasteiger partial charge on any atom is -0.303 e. The number of benzene rings is 2. The molecule has 0 atom stereocenters. The maximum Gasteiger partial charge on any atom is 0.407 e. The number of carbonyl (C=O) groups is 1. The number of thiocarbonyl (C=S) groups is 1. The predicted molar refractivity (Wildman–Crippen MR) is 126 cm³/mol. The molecule has 4 nitrogen and oxygen atoms in total. The monoisotopic (exact) mass is 471 g/mol. The molecular formula is C25H24F3N3OS. The Balaban J connectivity index is 1.86. The van der Waals surface area contributed by atoms with E-state index in [0.717, 1.165) is 55.5 Å². The van der Waals surface area contributed by atoms with E-state index in [1.807, 2.05) is 36.1 Å². The van der Waals surface area contributed by atoms with Gasteiger partial charge in [-0.1, -0.05) is 55.9 Å². The largest absolute Gasteiger partial charge is 0.407 e. The molecule has 1 spiro atoms. The van der Waals surface area contributed by atoms with Crippen LogP contribution in [0.2, 0.25) is 0 Å². The van der Waals surface area contributed by atoms with Crippen LogP contribution in [0.25, 0.3) is 4.85 Å². The lowest BCUT2D eigenvalue weighted by Crippen LogP contribution is -2.50. The molecule has 1 aliphatic carbocycles. The third-order valence-electron chi connectivity index (χ3n) is 6.55. The van der Waals surface area contributed by atoms with Crippen molar-refractivity contribution in [3.63, 3.8) is 0 Å². The number of rotatable bonds is 2. The summed E-state index contributed by atoms with van der Waals surface area (Å²) >= 11 is 5.75. The molecule has 1 amide bonds. The number of halogens is 3. The van der Waals surface area contributed by atoms with Crippen LogP contribution in [0.5, 0.6) is 0 Å². The molecule has 0 radical (unpaired) electrons. The number of carbonyl (C=O) groups excluding carboxylic acids is 1. The molecule has 8 heteroatoms. The molecule has 1 saturated heterocycles. The Bertz CT molecular complexity index is 1110. The topological polar surface area (TPSA) is 27.9 Å². The van der Waals surface area contributed by atoms with E-state index >= 15 is 0 Å². The second-order valence-corrected chi connectivity index (χ2v) is 9.07. The fourth-order valence-electron chi connectivity index (χ4n) is 4.87. The first-order valence-corrected chi connectivity index (χ1v) is 11.4. The number of anilines is 2. The third-order valence-corrected chi connectivity index (χ3v) is 6.91. The Hall–Kier alpha value is -2.92. The molecule has 1 saturated carbocycles. The Morgan fingerprint density at radius 1 is 0.970 bits per heavy atom. The number of alkyl halides is 3. The lowest BCUT2D eigenvalue weighted by molar-refractivity contribution is -0.136.